The van der Waals surface area contributed by atoms with Crippen molar-refractivity contribution in [2.24, 2.45) is 0 Å². The molecule has 10 nitrogen and oxygen atoms in total. The molecule has 0 amide bonds. The first kappa shape index (κ1) is 31.8. The number of carbonyl (C=O) groups is 2. The first-order valence-electron chi connectivity index (χ1n) is 16.7. The minimum Gasteiger partial charge on any atom is -0.351 e. The van der Waals surface area contributed by atoms with Crippen molar-refractivity contribution in [1.82, 2.24) is 30.4 Å². The summed E-state index contributed by atoms with van der Waals surface area (Å²) in [5, 5.41) is 17.8. The van der Waals surface area contributed by atoms with Gasteiger partial charge in [-0.3, -0.25) is 9.59 Å². The molecule has 0 unspecified atom stereocenters. The molecule has 0 aromatic carbocycles. The maximum Gasteiger partial charge on any atom is 0.144 e. The minimum absolute atomic E-state index is 0.000545. The number of Topliss-reactive ketones (excluding diaryl/α,β-unsaturated/α-hetero) is 2. The van der Waals surface area contributed by atoms with E-state index in [1.54, 1.807) is 0 Å². The molecule has 1 aliphatic carbocycles. The fraction of sp³-hybridized carbons (Fsp3) is 0.444. The van der Waals surface area contributed by atoms with Gasteiger partial charge < -0.3 is 9.80 Å². The molecule has 3 aliphatic rings. The van der Waals surface area contributed by atoms with Gasteiger partial charge in [-0.25, -0.2) is 18.7 Å². The monoisotopic (exact) mass is 652 g/mol. The standard InChI is InChI=1S/C36H38F2N8O2/c37-25-19-45(20-25)35-8-2-6-27(39-35)15-31(47)17-29-10-12-33(43-41-29)23-4-1-5-24(14-23)34-13-11-30(42-44-34)18-32(48)16-28-7-3-9-36(40-28)46-21-26(38)22-46/h2-3,6-13,23-26H,1,4-5,14-22H2/t23-,24-/m0/s1. The Balaban J connectivity index is 0.891. The van der Waals surface area contributed by atoms with Crippen molar-refractivity contribution in [3.05, 3.63) is 94.8 Å². The van der Waals surface area contributed by atoms with Crippen LogP contribution in [0.4, 0.5) is 20.4 Å². The first-order chi connectivity index (χ1) is 23.3. The van der Waals surface area contributed by atoms with Gasteiger partial charge in [0.05, 0.1) is 73.2 Å². The molecule has 2 aliphatic heterocycles. The Morgan fingerprint density at radius 2 is 1.02 bits per heavy atom. The van der Waals surface area contributed by atoms with Crippen LogP contribution in [0.3, 0.4) is 0 Å². The van der Waals surface area contributed by atoms with E-state index in [1.807, 2.05) is 70.5 Å². The molecule has 0 N–H and O–H groups in total. The predicted molar refractivity (Wildman–Crippen MR) is 176 cm³/mol. The van der Waals surface area contributed by atoms with Crippen molar-refractivity contribution < 1.29 is 18.4 Å². The second-order valence-corrected chi connectivity index (χ2v) is 13.2. The number of anilines is 2. The van der Waals surface area contributed by atoms with Crippen molar-refractivity contribution in [1.29, 1.82) is 0 Å². The van der Waals surface area contributed by atoms with Crippen LogP contribution in [0.2, 0.25) is 0 Å². The second-order valence-electron chi connectivity index (χ2n) is 13.2. The van der Waals surface area contributed by atoms with E-state index < -0.39 is 12.3 Å². The van der Waals surface area contributed by atoms with Crippen LogP contribution in [0.25, 0.3) is 0 Å². The number of aromatic nitrogens is 6. The average Bonchev–Trinajstić information content (AvgIpc) is 3.06. The minimum atomic E-state index is -0.814. The largest absolute Gasteiger partial charge is 0.351 e. The fourth-order valence-electron chi connectivity index (χ4n) is 6.73. The Morgan fingerprint density at radius 3 is 1.42 bits per heavy atom. The molecule has 0 bridgehead atoms. The Hall–Kier alpha value is -4.74. The molecule has 48 heavy (non-hydrogen) atoms. The smallest absolute Gasteiger partial charge is 0.144 e. The summed E-state index contributed by atoms with van der Waals surface area (Å²) in [4.78, 5) is 38.3. The molecule has 12 heteroatoms. The topological polar surface area (TPSA) is 118 Å². The van der Waals surface area contributed by atoms with Crippen LogP contribution in [0.1, 0.15) is 71.7 Å². The van der Waals surface area contributed by atoms with Gasteiger partial charge in [-0.2, -0.15) is 20.4 Å². The maximum atomic E-state index is 13.2. The lowest BCUT2D eigenvalue weighted by atomic mass is 9.78. The average molecular weight is 653 g/mol. The fourth-order valence-corrected chi connectivity index (χ4v) is 6.73. The zero-order valence-corrected chi connectivity index (χ0v) is 26.7. The third-order valence-electron chi connectivity index (χ3n) is 9.41. The van der Waals surface area contributed by atoms with Gasteiger partial charge in [0, 0.05) is 24.7 Å². The van der Waals surface area contributed by atoms with Gasteiger partial charge in [0.25, 0.3) is 0 Å². The van der Waals surface area contributed by atoms with Gasteiger partial charge in [-0.1, -0.05) is 18.6 Å². The van der Waals surface area contributed by atoms with Crippen molar-refractivity contribution >= 4 is 23.2 Å². The van der Waals surface area contributed by atoms with E-state index in [0.29, 0.717) is 60.6 Å². The number of nitrogens with zero attached hydrogens (tertiary/aromatic N) is 8. The number of alkyl halides is 2. The highest BCUT2D eigenvalue weighted by Crippen LogP contribution is 2.39. The molecule has 4 aromatic rings. The van der Waals surface area contributed by atoms with E-state index in [-0.39, 0.29) is 49.1 Å². The van der Waals surface area contributed by atoms with Gasteiger partial charge in [0.2, 0.25) is 0 Å². The maximum absolute atomic E-state index is 13.2. The van der Waals surface area contributed by atoms with Crippen LogP contribution >= 0.6 is 0 Å². The second kappa shape index (κ2) is 14.2. The van der Waals surface area contributed by atoms with Gasteiger partial charge in [-0.15, -0.1) is 0 Å². The van der Waals surface area contributed by atoms with Crippen molar-refractivity contribution in [3.63, 3.8) is 0 Å². The van der Waals surface area contributed by atoms with E-state index in [9.17, 15) is 18.4 Å². The highest BCUT2D eigenvalue weighted by molar-refractivity contribution is 5.83. The Labute approximate surface area is 278 Å². The summed E-state index contributed by atoms with van der Waals surface area (Å²) in [5.74, 6) is 1.87. The third kappa shape index (κ3) is 7.69. The van der Waals surface area contributed by atoms with E-state index in [0.717, 1.165) is 37.1 Å². The Morgan fingerprint density at radius 1 is 0.583 bits per heavy atom. The lowest BCUT2D eigenvalue weighted by Crippen LogP contribution is -2.48. The Kier molecular flexibility index (Phi) is 9.40. The van der Waals surface area contributed by atoms with Crippen LogP contribution in [0, 0.1) is 0 Å². The number of carbonyl (C=O) groups excluding carboxylic acids is 2. The van der Waals surface area contributed by atoms with E-state index in [2.05, 4.69) is 30.4 Å². The molecule has 2 atom stereocenters. The van der Waals surface area contributed by atoms with Crippen LogP contribution in [0.5, 0.6) is 0 Å². The third-order valence-corrected chi connectivity index (χ3v) is 9.41. The number of rotatable bonds is 12. The molecule has 1 saturated carbocycles. The number of halogens is 2. The molecule has 4 aromatic heterocycles. The molecule has 2 saturated heterocycles. The van der Waals surface area contributed by atoms with E-state index >= 15 is 0 Å². The van der Waals surface area contributed by atoms with E-state index in [4.69, 9.17) is 0 Å². The predicted octanol–water partition coefficient (Wildman–Crippen LogP) is 4.52. The van der Waals surface area contributed by atoms with Crippen LogP contribution in [-0.4, -0.2) is 80.5 Å². The Bertz CT molecular complexity index is 1620. The van der Waals surface area contributed by atoms with Crippen molar-refractivity contribution in [3.8, 4) is 0 Å². The number of pyridine rings is 2. The quantitative estimate of drug-likeness (QED) is 0.216. The molecule has 248 valence electrons. The van der Waals surface area contributed by atoms with Gasteiger partial charge in [0.15, 0.2) is 0 Å². The zero-order valence-electron chi connectivity index (χ0n) is 26.7. The van der Waals surface area contributed by atoms with Crippen molar-refractivity contribution in [2.45, 2.75) is 75.5 Å². The first-order valence-corrected chi connectivity index (χ1v) is 16.7. The van der Waals surface area contributed by atoms with Gasteiger partial charge in [0.1, 0.15) is 35.5 Å². The normalized spacial score (nSPS) is 19.9. The summed E-state index contributed by atoms with van der Waals surface area (Å²) in [7, 11) is 0. The number of hydrogen-bond acceptors (Lipinski definition) is 10. The van der Waals surface area contributed by atoms with Crippen molar-refractivity contribution in [2.75, 3.05) is 36.0 Å². The molecular weight excluding hydrogens is 614 g/mol. The molecule has 7 rings (SSSR count). The number of ketones is 2. The molecule has 3 fully saturated rings. The van der Waals surface area contributed by atoms with Crippen LogP contribution in [-0.2, 0) is 35.3 Å². The van der Waals surface area contributed by atoms with Gasteiger partial charge >= 0.3 is 0 Å². The summed E-state index contributed by atoms with van der Waals surface area (Å²) in [6, 6.07) is 18.7. The molecule has 6 heterocycles. The molecular formula is C36H38F2N8O2. The summed E-state index contributed by atoms with van der Waals surface area (Å²) in [5.41, 5.74) is 4.41. The highest BCUT2D eigenvalue weighted by atomic mass is 19.1. The molecule has 0 spiro atoms. The zero-order chi connectivity index (χ0) is 33.0. The molecule has 0 radical (unpaired) electrons. The lowest BCUT2D eigenvalue weighted by molar-refractivity contribution is -0.118. The summed E-state index contributed by atoms with van der Waals surface area (Å²) < 4.78 is 26.5. The summed E-state index contributed by atoms with van der Waals surface area (Å²) in [6.45, 7) is 1.37. The summed E-state index contributed by atoms with van der Waals surface area (Å²) in [6.07, 6.45) is 3.03. The van der Waals surface area contributed by atoms with Crippen LogP contribution in [0.15, 0.2) is 60.7 Å². The van der Waals surface area contributed by atoms with E-state index in [1.165, 1.54) is 0 Å². The lowest BCUT2D eigenvalue weighted by Gasteiger charge is -2.35. The summed E-state index contributed by atoms with van der Waals surface area (Å²) >= 11 is 0. The number of hydrogen-bond donors (Lipinski definition) is 0. The van der Waals surface area contributed by atoms with Gasteiger partial charge in [-0.05, 0) is 67.8 Å². The highest BCUT2D eigenvalue weighted by Gasteiger charge is 2.29. The SMILES string of the molecule is O=C(Cc1ccc([C@H]2CCC[C@H](c3ccc(CC(=O)Cc4cccc(N5CC(F)C5)n4)nn3)C2)nn1)Cc1cccc(N2CC(F)C2)n1. The van der Waals surface area contributed by atoms with Crippen LogP contribution < -0.4 is 9.80 Å².